The zero-order chi connectivity index (χ0) is 14.1. The van der Waals surface area contributed by atoms with Gasteiger partial charge in [-0.05, 0) is 42.3 Å². The molecule has 0 spiro atoms. The Labute approximate surface area is 116 Å². The minimum absolute atomic E-state index is 0.312. The Morgan fingerprint density at radius 1 is 1.25 bits per heavy atom. The van der Waals surface area contributed by atoms with Crippen LogP contribution in [0.1, 0.15) is 21.5 Å². The van der Waals surface area contributed by atoms with E-state index in [1.165, 1.54) is 0 Å². The number of carbonyl (C=O) groups is 1. The minimum Gasteiger partial charge on any atom is -0.478 e. The summed E-state index contributed by atoms with van der Waals surface area (Å²) >= 11 is 0. The van der Waals surface area contributed by atoms with Gasteiger partial charge in [0.25, 0.3) is 0 Å². The summed E-state index contributed by atoms with van der Waals surface area (Å²) in [5.41, 5.74) is 3.60. The molecule has 0 aliphatic carbocycles. The second-order valence-electron chi connectivity index (χ2n) is 4.89. The first-order valence-electron chi connectivity index (χ1n) is 6.36. The third-order valence-electron chi connectivity index (χ3n) is 3.30. The molecule has 0 aliphatic heterocycles. The van der Waals surface area contributed by atoms with Gasteiger partial charge in [0.15, 0.2) is 0 Å². The number of fused-ring (bicyclic) bond motifs is 1. The van der Waals surface area contributed by atoms with Gasteiger partial charge in [0.2, 0.25) is 0 Å². The van der Waals surface area contributed by atoms with Crippen molar-refractivity contribution in [3.05, 3.63) is 65.6 Å². The highest BCUT2D eigenvalue weighted by atomic mass is 16.4. The molecule has 0 fully saturated rings. The molecule has 0 saturated carbocycles. The van der Waals surface area contributed by atoms with Gasteiger partial charge < -0.3 is 9.67 Å². The quantitative estimate of drug-likeness (QED) is 0.792. The number of carboxylic acids is 1. The molecule has 0 bridgehead atoms. The average molecular weight is 266 g/mol. The maximum atomic E-state index is 11.0. The van der Waals surface area contributed by atoms with Crippen LogP contribution in [-0.4, -0.2) is 20.6 Å². The van der Waals surface area contributed by atoms with Gasteiger partial charge in [0, 0.05) is 36.0 Å². The number of aromatic carboxylic acids is 1. The molecule has 4 heteroatoms. The number of rotatable bonds is 3. The van der Waals surface area contributed by atoms with E-state index in [2.05, 4.69) is 15.6 Å². The van der Waals surface area contributed by atoms with E-state index in [1.807, 2.05) is 37.6 Å². The molecular formula is C16H14N2O2. The van der Waals surface area contributed by atoms with Gasteiger partial charge >= 0.3 is 5.97 Å². The van der Waals surface area contributed by atoms with Crippen molar-refractivity contribution < 1.29 is 9.90 Å². The fourth-order valence-electron chi connectivity index (χ4n) is 2.37. The third-order valence-corrected chi connectivity index (χ3v) is 3.30. The van der Waals surface area contributed by atoms with Crippen LogP contribution >= 0.6 is 0 Å². The molecule has 3 aromatic rings. The van der Waals surface area contributed by atoms with Crippen LogP contribution in [0.15, 0.2) is 48.9 Å². The summed E-state index contributed by atoms with van der Waals surface area (Å²) in [5, 5.41) is 9.94. The number of hydrogen-bond donors (Lipinski definition) is 1. The zero-order valence-corrected chi connectivity index (χ0v) is 11.1. The maximum absolute atomic E-state index is 11.0. The van der Waals surface area contributed by atoms with E-state index in [1.54, 1.807) is 12.1 Å². The van der Waals surface area contributed by atoms with Gasteiger partial charge in [-0.2, -0.15) is 0 Å². The summed E-state index contributed by atoms with van der Waals surface area (Å²) in [6, 6.07) is 9.22. The van der Waals surface area contributed by atoms with Gasteiger partial charge in [-0.15, -0.1) is 0 Å². The highest BCUT2D eigenvalue weighted by Gasteiger charge is 2.07. The minimum atomic E-state index is -0.900. The SMILES string of the molecule is Cc1cncc(Cn2ccc3cc(C(=O)O)ccc32)c1. The summed E-state index contributed by atoms with van der Waals surface area (Å²) in [4.78, 5) is 15.2. The van der Waals surface area contributed by atoms with E-state index in [0.29, 0.717) is 5.56 Å². The summed E-state index contributed by atoms with van der Waals surface area (Å²) in [7, 11) is 0. The van der Waals surface area contributed by atoms with E-state index in [4.69, 9.17) is 5.11 Å². The predicted molar refractivity (Wildman–Crippen MR) is 77.0 cm³/mol. The molecule has 0 amide bonds. The van der Waals surface area contributed by atoms with E-state index in [-0.39, 0.29) is 0 Å². The molecule has 0 radical (unpaired) electrons. The molecule has 1 aromatic carbocycles. The topological polar surface area (TPSA) is 55.1 Å². The van der Waals surface area contributed by atoms with Crippen LogP contribution in [0.4, 0.5) is 0 Å². The molecule has 4 nitrogen and oxygen atoms in total. The molecule has 1 N–H and O–H groups in total. The van der Waals surface area contributed by atoms with Gasteiger partial charge in [0.1, 0.15) is 0 Å². The molecule has 0 atom stereocenters. The Hall–Kier alpha value is -2.62. The lowest BCUT2D eigenvalue weighted by Crippen LogP contribution is -2.00. The van der Waals surface area contributed by atoms with Crippen LogP contribution in [0.5, 0.6) is 0 Å². The van der Waals surface area contributed by atoms with Gasteiger partial charge in [-0.1, -0.05) is 6.07 Å². The van der Waals surface area contributed by atoms with E-state index >= 15 is 0 Å². The van der Waals surface area contributed by atoms with E-state index in [9.17, 15) is 4.79 Å². The molecule has 0 unspecified atom stereocenters. The lowest BCUT2D eigenvalue weighted by Gasteiger charge is -2.06. The number of carboxylic acid groups (broad SMARTS) is 1. The average Bonchev–Trinajstić information content (AvgIpc) is 2.81. The fraction of sp³-hybridized carbons (Fsp3) is 0.125. The molecule has 2 aromatic heterocycles. The van der Waals surface area contributed by atoms with Crippen LogP contribution in [0.3, 0.4) is 0 Å². The first-order valence-corrected chi connectivity index (χ1v) is 6.36. The predicted octanol–water partition coefficient (Wildman–Crippen LogP) is 3.09. The summed E-state index contributed by atoms with van der Waals surface area (Å²) in [6.07, 6.45) is 5.65. The Morgan fingerprint density at radius 3 is 2.85 bits per heavy atom. The normalized spacial score (nSPS) is 10.8. The number of benzene rings is 1. The molecule has 0 saturated heterocycles. The standard InChI is InChI=1S/C16H14N2O2/c1-11-6-12(9-17-8-11)10-18-5-4-13-7-14(16(19)20)2-3-15(13)18/h2-9H,10H2,1H3,(H,19,20). The van der Waals surface area contributed by atoms with E-state index in [0.717, 1.165) is 28.6 Å². The van der Waals surface area contributed by atoms with E-state index < -0.39 is 5.97 Å². The number of aromatic nitrogens is 2. The van der Waals surface area contributed by atoms with Crippen LogP contribution < -0.4 is 0 Å². The van der Waals surface area contributed by atoms with Crippen molar-refractivity contribution in [2.75, 3.05) is 0 Å². The second-order valence-corrected chi connectivity index (χ2v) is 4.89. The summed E-state index contributed by atoms with van der Waals surface area (Å²) < 4.78 is 2.09. The molecule has 2 heterocycles. The zero-order valence-electron chi connectivity index (χ0n) is 11.1. The van der Waals surface area contributed by atoms with Crippen LogP contribution in [0, 0.1) is 6.92 Å². The number of nitrogens with zero attached hydrogens (tertiary/aromatic N) is 2. The van der Waals surface area contributed by atoms with Crippen molar-refractivity contribution >= 4 is 16.9 Å². The Balaban J connectivity index is 1.98. The van der Waals surface area contributed by atoms with Crippen molar-refractivity contribution in [2.45, 2.75) is 13.5 Å². The third kappa shape index (κ3) is 2.28. The van der Waals surface area contributed by atoms with Gasteiger partial charge in [-0.25, -0.2) is 4.79 Å². The number of pyridine rings is 1. The molecule has 0 aliphatic rings. The summed E-state index contributed by atoms with van der Waals surface area (Å²) in [5.74, 6) is -0.900. The Kier molecular flexibility index (Phi) is 2.99. The van der Waals surface area contributed by atoms with Crippen LogP contribution in [0.2, 0.25) is 0 Å². The van der Waals surface area contributed by atoms with Crippen molar-refractivity contribution in [2.24, 2.45) is 0 Å². The first-order chi connectivity index (χ1) is 9.63. The lowest BCUT2D eigenvalue weighted by atomic mass is 10.1. The summed E-state index contributed by atoms with van der Waals surface area (Å²) in [6.45, 7) is 2.74. The monoisotopic (exact) mass is 266 g/mol. The second kappa shape index (κ2) is 4.81. The first kappa shape index (κ1) is 12.4. The number of hydrogen-bond acceptors (Lipinski definition) is 2. The lowest BCUT2D eigenvalue weighted by molar-refractivity contribution is 0.0697. The molecule has 3 rings (SSSR count). The van der Waals surface area contributed by atoms with Crippen molar-refractivity contribution in [3.63, 3.8) is 0 Å². The smallest absolute Gasteiger partial charge is 0.335 e. The number of aryl methyl sites for hydroxylation is 1. The Bertz CT molecular complexity index is 790. The highest BCUT2D eigenvalue weighted by molar-refractivity contribution is 5.93. The van der Waals surface area contributed by atoms with Crippen LogP contribution in [0.25, 0.3) is 10.9 Å². The maximum Gasteiger partial charge on any atom is 0.335 e. The van der Waals surface area contributed by atoms with Crippen molar-refractivity contribution in [1.29, 1.82) is 0 Å². The largest absolute Gasteiger partial charge is 0.478 e. The van der Waals surface area contributed by atoms with Crippen LogP contribution in [-0.2, 0) is 6.54 Å². The Morgan fingerprint density at radius 2 is 2.10 bits per heavy atom. The molecular weight excluding hydrogens is 252 g/mol. The molecule has 100 valence electrons. The highest BCUT2D eigenvalue weighted by Crippen LogP contribution is 2.19. The molecule has 20 heavy (non-hydrogen) atoms. The van der Waals surface area contributed by atoms with Gasteiger partial charge in [-0.3, -0.25) is 4.98 Å². The fourth-order valence-corrected chi connectivity index (χ4v) is 2.37. The van der Waals surface area contributed by atoms with Crippen molar-refractivity contribution in [1.82, 2.24) is 9.55 Å². The van der Waals surface area contributed by atoms with Gasteiger partial charge in [0.05, 0.1) is 5.56 Å². The van der Waals surface area contributed by atoms with Crippen molar-refractivity contribution in [3.8, 4) is 0 Å².